The van der Waals surface area contributed by atoms with E-state index in [0.717, 1.165) is 12.8 Å². The van der Waals surface area contributed by atoms with Crippen molar-refractivity contribution in [2.45, 2.75) is 44.8 Å². The van der Waals surface area contributed by atoms with Crippen molar-refractivity contribution < 1.29 is 9.90 Å². The first kappa shape index (κ1) is 8.05. The van der Waals surface area contributed by atoms with Crippen molar-refractivity contribution in [2.75, 3.05) is 0 Å². The summed E-state index contributed by atoms with van der Waals surface area (Å²) in [5.41, 5.74) is 0. The van der Waals surface area contributed by atoms with E-state index in [-0.39, 0.29) is 6.04 Å². The summed E-state index contributed by atoms with van der Waals surface area (Å²) >= 11 is 0. The molecule has 3 heteroatoms. The Morgan fingerprint density at radius 3 is 2.42 bits per heavy atom. The van der Waals surface area contributed by atoms with Gasteiger partial charge in [-0.1, -0.05) is 0 Å². The lowest BCUT2D eigenvalue weighted by atomic mass is 9.83. The van der Waals surface area contributed by atoms with E-state index in [2.05, 4.69) is 18.7 Å². The Morgan fingerprint density at radius 1 is 1.50 bits per heavy atom. The molecule has 3 fully saturated rings. The molecule has 3 aliphatic rings. The van der Waals surface area contributed by atoms with Gasteiger partial charge in [0.05, 0.1) is 0 Å². The SMILES string of the molecule is CC(C)N1C2CC(C2)C1C(=O)O. The summed E-state index contributed by atoms with van der Waals surface area (Å²) in [6.07, 6.45) is 2.21. The number of fused-ring (bicyclic) bond motifs is 1. The van der Waals surface area contributed by atoms with Crippen LogP contribution in [0.5, 0.6) is 0 Å². The molecule has 1 saturated carbocycles. The predicted molar refractivity (Wildman–Crippen MR) is 44.9 cm³/mol. The van der Waals surface area contributed by atoms with Crippen LogP contribution in [0.1, 0.15) is 26.7 Å². The lowest BCUT2D eigenvalue weighted by Crippen LogP contribution is -2.41. The van der Waals surface area contributed by atoms with Gasteiger partial charge >= 0.3 is 5.97 Å². The molecule has 68 valence electrons. The van der Waals surface area contributed by atoms with Gasteiger partial charge in [0.25, 0.3) is 0 Å². The summed E-state index contributed by atoms with van der Waals surface area (Å²) in [4.78, 5) is 13.1. The summed E-state index contributed by atoms with van der Waals surface area (Å²) in [7, 11) is 0. The van der Waals surface area contributed by atoms with E-state index in [1.807, 2.05) is 0 Å². The molecule has 0 aromatic rings. The van der Waals surface area contributed by atoms with Gasteiger partial charge in [-0.15, -0.1) is 0 Å². The summed E-state index contributed by atoms with van der Waals surface area (Å²) in [6, 6.07) is 0.759. The lowest BCUT2D eigenvalue weighted by Gasteiger charge is -2.28. The second-order valence-electron chi connectivity index (χ2n) is 4.21. The predicted octanol–water partition coefficient (Wildman–Crippen LogP) is 0.942. The summed E-state index contributed by atoms with van der Waals surface area (Å²) in [5, 5.41) is 8.99. The van der Waals surface area contributed by atoms with Crippen LogP contribution in [0.25, 0.3) is 0 Å². The molecule has 1 unspecified atom stereocenters. The molecule has 0 amide bonds. The zero-order chi connectivity index (χ0) is 8.88. The van der Waals surface area contributed by atoms with E-state index in [0.29, 0.717) is 18.0 Å². The Bertz CT molecular complexity index is 209. The van der Waals surface area contributed by atoms with Crippen molar-refractivity contribution in [2.24, 2.45) is 5.92 Å². The Labute approximate surface area is 72.4 Å². The van der Waals surface area contributed by atoms with Crippen LogP contribution in [0.15, 0.2) is 0 Å². The maximum absolute atomic E-state index is 10.9. The average molecular weight is 169 g/mol. The molecule has 0 radical (unpaired) electrons. The van der Waals surface area contributed by atoms with Gasteiger partial charge < -0.3 is 5.11 Å². The first-order valence-electron chi connectivity index (χ1n) is 4.61. The van der Waals surface area contributed by atoms with Crippen LogP contribution in [-0.2, 0) is 4.79 Å². The van der Waals surface area contributed by atoms with E-state index in [1.54, 1.807) is 0 Å². The molecule has 0 spiro atoms. The molecule has 0 aromatic carbocycles. The van der Waals surface area contributed by atoms with Crippen LogP contribution < -0.4 is 0 Å². The second-order valence-corrected chi connectivity index (χ2v) is 4.21. The monoisotopic (exact) mass is 169 g/mol. The molecule has 0 aromatic heterocycles. The number of hydrogen-bond acceptors (Lipinski definition) is 2. The first-order valence-corrected chi connectivity index (χ1v) is 4.61. The van der Waals surface area contributed by atoms with Gasteiger partial charge in [-0.05, 0) is 32.6 Å². The van der Waals surface area contributed by atoms with Gasteiger partial charge in [-0.25, -0.2) is 0 Å². The number of rotatable bonds is 2. The van der Waals surface area contributed by atoms with E-state index in [4.69, 9.17) is 5.11 Å². The number of aliphatic carboxylic acids is 1. The molecule has 2 aliphatic heterocycles. The molecule has 2 bridgehead atoms. The Balaban J connectivity index is 2.16. The molecule has 3 rings (SSSR count). The van der Waals surface area contributed by atoms with Crippen molar-refractivity contribution in [3.63, 3.8) is 0 Å². The smallest absolute Gasteiger partial charge is 0.321 e. The van der Waals surface area contributed by atoms with E-state index in [1.165, 1.54) is 0 Å². The molecule has 12 heavy (non-hydrogen) atoms. The van der Waals surface area contributed by atoms with Crippen LogP contribution in [0.4, 0.5) is 0 Å². The fourth-order valence-electron chi connectivity index (χ4n) is 2.67. The lowest BCUT2D eigenvalue weighted by molar-refractivity contribution is -0.143. The van der Waals surface area contributed by atoms with E-state index in [9.17, 15) is 4.79 Å². The molecule has 1 atom stereocenters. The standard InChI is InChI=1S/C9H15NO2/c1-5(2)10-7-3-6(4-7)8(10)9(11)12/h5-8H,3-4H2,1-2H3,(H,11,12). The highest BCUT2D eigenvalue weighted by molar-refractivity contribution is 5.75. The highest BCUT2D eigenvalue weighted by Crippen LogP contribution is 2.46. The van der Waals surface area contributed by atoms with Crippen molar-refractivity contribution >= 4 is 5.97 Å². The quantitative estimate of drug-likeness (QED) is 0.669. The summed E-state index contributed by atoms with van der Waals surface area (Å²) in [6.45, 7) is 4.16. The molecule has 2 heterocycles. The summed E-state index contributed by atoms with van der Waals surface area (Å²) in [5.74, 6) is -0.191. The third kappa shape index (κ3) is 0.891. The Hall–Kier alpha value is -0.570. The van der Waals surface area contributed by atoms with Gasteiger partial charge in [0.1, 0.15) is 6.04 Å². The number of carboxylic acids is 1. The van der Waals surface area contributed by atoms with Crippen molar-refractivity contribution in [3.8, 4) is 0 Å². The fraction of sp³-hybridized carbons (Fsp3) is 0.889. The fourth-order valence-corrected chi connectivity index (χ4v) is 2.67. The van der Waals surface area contributed by atoms with E-state index < -0.39 is 5.97 Å². The van der Waals surface area contributed by atoms with Crippen LogP contribution >= 0.6 is 0 Å². The molecule has 1 aliphatic carbocycles. The maximum Gasteiger partial charge on any atom is 0.321 e. The van der Waals surface area contributed by atoms with Crippen LogP contribution in [0.2, 0.25) is 0 Å². The van der Waals surface area contributed by atoms with Gasteiger partial charge in [-0.2, -0.15) is 0 Å². The third-order valence-corrected chi connectivity index (χ3v) is 3.19. The van der Waals surface area contributed by atoms with Gasteiger partial charge in [-0.3, -0.25) is 9.69 Å². The zero-order valence-corrected chi connectivity index (χ0v) is 7.53. The largest absolute Gasteiger partial charge is 0.480 e. The molecule has 3 nitrogen and oxygen atoms in total. The van der Waals surface area contributed by atoms with Crippen molar-refractivity contribution in [1.82, 2.24) is 4.90 Å². The van der Waals surface area contributed by atoms with Gasteiger partial charge in [0.2, 0.25) is 0 Å². The first-order chi connectivity index (χ1) is 5.61. The highest BCUT2D eigenvalue weighted by Gasteiger charge is 2.54. The molecular formula is C9H15NO2. The molecular weight excluding hydrogens is 154 g/mol. The van der Waals surface area contributed by atoms with Crippen molar-refractivity contribution in [1.29, 1.82) is 0 Å². The van der Waals surface area contributed by atoms with Crippen LogP contribution in [-0.4, -0.2) is 34.1 Å². The maximum atomic E-state index is 10.9. The Kier molecular flexibility index (Phi) is 1.65. The normalized spacial score (nSPS) is 40.1. The minimum Gasteiger partial charge on any atom is -0.480 e. The van der Waals surface area contributed by atoms with E-state index >= 15 is 0 Å². The number of carboxylic acid groups (broad SMARTS) is 1. The molecule has 1 N–H and O–H groups in total. The third-order valence-electron chi connectivity index (χ3n) is 3.19. The molecule has 2 saturated heterocycles. The number of nitrogens with zero attached hydrogens (tertiary/aromatic N) is 1. The Morgan fingerprint density at radius 2 is 2.08 bits per heavy atom. The number of carbonyl (C=O) groups is 1. The topological polar surface area (TPSA) is 40.5 Å². The minimum atomic E-state index is -0.631. The zero-order valence-electron chi connectivity index (χ0n) is 7.53. The number of hydrogen-bond donors (Lipinski definition) is 1. The summed E-state index contributed by atoms with van der Waals surface area (Å²) < 4.78 is 0. The van der Waals surface area contributed by atoms with Crippen LogP contribution in [0, 0.1) is 5.92 Å². The van der Waals surface area contributed by atoms with Gasteiger partial charge in [0, 0.05) is 12.1 Å². The second kappa shape index (κ2) is 2.46. The average Bonchev–Trinajstić information content (AvgIpc) is 2.34. The van der Waals surface area contributed by atoms with Crippen LogP contribution in [0.3, 0.4) is 0 Å². The van der Waals surface area contributed by atoms with Crippen molar-refractivity contribution in [3.05, 3.63) is 0 Å². The highest BCUT2D eigenvalue weighted by atomic mass is 16.4. The van der Waals surface area contributed by atoms with Gasteiger partial charge in [0.15, 0.2) is 0 Å². The minimum absolute atomic E-state index is 0.185.